The molecule has 1 heterocycles. The number of piperidine rings is 1. The van der Waals surface area contributed by atoms with Gasteiger partial charge in [-0.2, -0.15) is 0 Å². The highest BCUT2D eigenvalue weighted by Crippen LogP contribution is 2.11. The maximum atomic E-state index is 11.6. The van der Waals surface area contributed by atoms with E-state index in [9.17, 15) is 9.59 Å². The summed E-state index contributed by atoms with van der Waals surface area (Å²) >= 11 is 0. The van der Waals surface area contributed by atoms with Crippen LogP contribution in [0.1, 0.15) is 45.4 Å². The molecule has 0 aromatic rings. The maximum absolute atomic E-state index is 11.6. The van der Waals surface area contributed by atoms with E-state index in [0.717, 1.165) is 19.4 Å². The third kappa shape index (κ3) is 5.17. The lowest BCUT2D eigenvalue weighted by atomic mass is 10.0. The minimum atomic E-state index is -0.961. The fraction of sp³-hybridized carbons (Fsp3) is 0.833. The largest absolute Gasteiger partial charge is 0.480 e. The van der Waals surface area contributed by atoms with Gasteiger partial charge in [-0.3, -0.25) is 4.79 Å². The number of hydrogen-bond donors (Lipinski definition) is 3. The topological polar surface area (TPSA) is 78.4 Å². The minimum Gasteiger partial charge on any atom is -0.480 e. The molecule has 98 valence electrons. The van der Waals surface area contributed by atoms with Gasteiger partial charge in [0.25, 0.3) is 0 Å². The smallest absolute Gasteiger partial charge is 0.326 e. The van der Waals surface area contributed by atoms with Crippen molar-refractivity contribution in [2.24, 2.45) is 0 Å². The molecule has 1 rings (SSSR count). The van der Waals surface area contributed by atoms with Gasteiger partial charge in [0, 0.05) is 12.5 Å². The number of carbonyl (C=O) groups is 2. The zero-order chi connectivity index (χ0) is 12.7. The van der Waals surface area contributed by atoms with Gasteiger partial charge < -0.3 is 15.7 Å². The van der Waals surface area contributed by atoms with Crippen LogP contribution in [0.25, 0.3) is 0 Å². The predicted octanol–water partition coefficient (Wildman–Crippen LogP) is 0.888. The lowest BCUT2D eigenvalue weighted by Crippen LogP contribution is -2.41. The quantitative estimate of drug-likeness (QED) is 0.646. The monoisotopic (exact) mass is 242 g/mol. The number of nitrogens with one attached hydrogen (secondary N) is 2. The first kappa shape index (κ1) is 14.0. The van der Waals surface area contributed by atoms with Crippen molar-refractivity contribution in [3.05, 3.63) is 0 Å². The Labute approximate surface area is 102 Å². The van der Waals surface area contributed by atoms with E-state index >= 15 is 0 Å². The van der Waals surface area contributed by atoms with E-state index in [-0.39, 0.29) is 5.91 Å². The molecule has 1 fully saturated rings. The van der Waals surface area contributed by atoms with Crippen molar-refractivity contribution >= 4 is 11.9 Å². The maximum Gasteiger partial charge on any atom is 0.326 e. The van der Waals surface area contributed by atoms with E-state index < -0.39 is 12.0 Å². The zero-order valence-corrected chi connectivity index (χ0v) is 10.4. The number of carboxylic acid groups (broad SMARTS) is 1. The van der Waals surface area contributed by atoms with E-state index in [2.05, 4.69) is 10.6 Å². The van der Waals surface area contributed by atoms with Crippen molar-refractivity contribution < 1.29 is 14.7 Å². The Bertz CT molecular complexity index is 262. The van der Waals surface area contributed by atoms with Crippen LogP contribution in [0.3, 0.4) is 0 Å². The van der Waals surface area contributed by atoms with Crippen LogP contribution in [0.5, 0.6) is 0 Å². The molecule has 2 atom stereocenters. The number of carboxylic acids is 1. The van der Waals surface area contributed by atoms with Gasteiger partial charge in [0.2, 0.25) is 5.91 Å². The number of aliphatic carboxylic acids is 1. The molecule has 0 aromatic heterocycles. The van der Waals surface area contributed by atoms with Crippen molar-refractivity contribution in [2.75, 3.05) is 6.54 Å². The highest BCUT2D eigenvalue weighted by Gasteiger charge is 2.19. The lowest BCUT2D eigenvalue weighted by molar-refractivity contribution is -0.141. The lowest BCUT2D eigenvalue weighted by Gasteiger charge is -2.23. The second-order valence-corrected chi connectivity index (χ2v) is 4.55. The molecule has 5 heteroatoms. The van der Waals surface area contributed by atoms with Crippen LogP contribution in [0, 0.1) is 0 Å². The van der Waals surface area contributed by atoms with Gasteiger partial charge in [-0.05, 0) is 32.2 Å². The second kappa shape index (κ2) is 7.27. The molecule has 1 aliphatic rings. The van der Waals surface area contributed by atoms with Gasteiger partial charge in [0.05, 0.1) is 0 Å². The summed E-state index contributed by atoms with van der Waals surface area (Å²) in [4.78, 5) is 22.3. The summed E-state index contributed by atoms with van der Waals surface area (Å²) in [6.45, 7) is 2.78. The molecule has 5 nitrogen and oxygen atoms in total. The van der Waals surface area contributed by atoms with Gasteiger partial charge >= 0.3 is 5.97 Å². The number of hydrogen-bond acceptors (Lipinski definition) is 3. The molecule has 1 aliphatic heterocycles. The van der Waals surface area contributed by atoms with Crippen molar-refractivity contribution in [3.63, 3.8) is 0 Å². The molecule has 1 saturated heterocycles. The Balaban J connectivity index is 2.21. The van der Waals surface area contributed by atoms with Crippen LogP contribution in [-0.2, 0) is 9.59 Å². The molecule has 0 aliphatic carbocycles. The van der Waals surface area contributed by atoms with Gasteiger partial charge in [-0.15, -0.1) is 0 Å². The first-order valence-electron chi connectivity index (χ1n) is 6.39. The molecule has 17 heavy (non-hydrogen) atoms. The molecular formula is C12H22N2O3. The average Bonchev–Trinajstić information content (AvgIpc) is 2.34. The molecule has 0 saturated carbocycles. The third-order valence-electron chi connectivity index (χ3n) is 3.17. The number of carbonyl (C=O) groups excluding carboxylic acids is 1. The summed E-state index contributed by atoms with van der Waals surface area (Å²) in [6, 6.07) is -0.332. The number of amides is 1. The Kier molecular flexibility index (Phi) is 5.97. The second-order valence-electron chi connectivity index (χ2n) is 4.55. The van der Waals surface area contributed by atoms with E-state index in [4.69, 9.17) is 5.11 Å². The van der Waals surface area contributed by atoms with Gasteiger partial charge in [-0.1, -0.05) is 13.3 Å². The first-order chi connectivity index (χ1) is 8.13. The van der Waals surface area contributed by atoms with Crippen LogP contribution < -0.4 is 10.6 Å². The van der Waals surface area contributed by atoms with Crippen molar-refractivity contribution in [2.45, 2.75) is 57.5 Å². The van der Waals surface area contributed by atoms with Crippen LogP contribution in [0.2, 0.25) is 0 Å². The zero-order valence-electron chi connectivity index (χ0n) is 10.4. The molecular weight excluding hydrogens is 220 g/mol. The normalized spacial score (nSPS) is 21.8. The molecule has 0 radical (unpaired) electrons. The summed E-state index contributed by atoms with van der Waals surface area (Å²) < 4.78 is 0. The van der Waals surface area contributed by atoms with Gasteiger partial charge in [-0.25, -0.2) is 4.79 Å². The Hall–Kier alpha value is -1.10. The molecule has 0 spiro atoms. The summed E-state index contributed by atoms with van der Waals surface area (Å²) in [7, 11) is 0. The standard InChI is InChI=1S/C12H22N2O3/c1-2-10(12(16)17)14-11(15)7-6-9-5-3-4-8-13-9/h9-10,13H,2-8H2,1H3,(H,14,15)(H,16,17). The highest BCUT2D eigenvalue weighted by atomic mass is 16.4. The van der Waals surface area contributed by atoms with E-state index in [1.54, 1.807) is 6.92 Å². The highest BCUT2D eigenvalue weighted by molar-refractivity contribution is 5.83. The molecule has 3 N–H and O–H groups in total. The van der Waals surface area contributed by atoms with Crippen molar-refractivity contribution in [1.29, 1.82) is 0 Å². The molecule has 0 bridgehead atoms. The number of rotatable bonds is 6. The summed E-state index contributed by atoms with van der Waals surface area (Å²) in [5, 5.41) is 14.7. The average molecular weight is 242 g/mol. The van der Waals surface area contributed by atoms with Crippen LogP contribution in [0.4, 0.5) is 0 Å². The van der Waals surface area contributed by atoms with Crippen LogP contribution >= 0.6 is 0 Å². The molecule has 0 aromatic carbocycles. The fourth-order valence-electron chi connectivity index (χ4n) is 2.08. The Morgan fingerprint density at radius 2 is 2.24 bits per heavy atom. The van der Waals surface area contributed by atoms with Gasteiger partial charge in [0.15, 0.2) is 0 Å². The predicted molar refractivity (Wildman–Crippen MR) is 64.7 cm³/mol. The van der Waals surface area contributed by atoms with Crippen LogP contribution in [-0.4, -0.2) is 35.6 Å². The third-order valence-corrected chi connectivity index (χ3v) is 3.17. The van der Waals surface area contributed by atoms with E-state index in [0.29, 0.717) is 18.9 Å². The summed E-state index contributed by atoms with van der Waals surface area (Å²) in [5.41, 5.74) is 0. The fourth-order valence-corrected chi connectivity index (χ4v) is 2.08. The van der Waals surface area contributed by atoms with E-state index in [1.165, 1.54) is 12.8 Å². The minimum absolute atomic E-state index is 0.161. The van der Waals surface area contributed by atoms with Crippen LogP contribution in [0.15, 0.2) is 0 Å². The first-order valence-corrected chi connectivity index (χ1v) is 6.39. The Morgan fingerprint density at radius 3 is 2.76 bits per heavy atom. The summed E-state index contributed by atoms with van der Waals surface area (Å²) in [5.74, 6) is -1.12. The van der Waals surface area contributed by atoms with Gasteiger partial charge in [0.1, 0.15) is 6.04 Å². The van der Waals surface area contributed by atoms with Crippen molar-refractivity contribution in [1.82, 2.24) is 10.6 Å². The Morgan fingerprint density at radius 1 is 1.47 bits per heavy atom. The summed E-state index contributed by atoms with van der Waals surface area (Å²) in [6.07, 6.45) is 5.15. The SMILES string of the molecule is CCC(NC(=O)CCC1CCCCN1)C(=O)O. The van der Waals surface area contributed by atoms with Crippen molar-refractivity contribution in [3.8, 4) is 0 Å². The van der Waals surface area contributed by atoms with E-state index in [1.807, 2.05) is 0 Å². The molecule has 2 unspecified atom stereocenters. The molecule has 1 amide bonds.